The predicted octanol–water partition coefficient (Wildman–Crippen LogP) is 2.39. The van der Waals surface area contributed by atoms with Crippen molar-refractivity contribution in [1.29, 1.82) is 0 Å². The van der Waals surface area contributed by atoms with Gasteiger partial charge in [0.2, 0.25) is 0 Å². The Morgan fingerprint density at radius 3 is 2.73 bits per heavy atom. The van der Waals surface area contributed by atoms with E-state index in [9.17, 15) is 4.39 Å². The molecule has 0 atom stereocenters. The molecule has 0 fully saturated rings. The lowest BCUT2D eigenvalue weighted by Gasteiger charge is -2.02. The minimum absolute atomic E-state index is 0.250. The van der Waals surface area contributed by atoms with Crippen molar-refractivity contribution in [3.8, 4) is 0 Å². The van der Waals surface area contributed by atoms with Gasteiger partial charge in [-0.05, 0) is 24.6 Å². The van der Waals surface area contributed by atoms with Gasteiger partial charge in [0.05, 0.1) is 6.61 Å². The van der Waals surface area contributed by atoms with Crippen molar-refractivity contribution in [3.05, 3.63) is 33.5 Å². The van der Waals surface area contributed by atoms with Crippen molar-refractivity contribution in [1.82, 2.24) is 0 Å². The second kappa shape index (κ2) is 3.32. The Morgan fingerprint density at radius 1 is 1.55 bits per heavy atom. The molecule has 0 aliphatic heterocycles. The number of hydrogen-bond donors (Lipinski definition) is 1. The first-order chi connectivity index (χ1) is 5.15. The van der Waals surface area contributed by atoms with Crippen LogP contribution in [0.4, 0.5) is 4.39 Å². The molecule has 0 aliphatic carbocycles. The van der Waals surface area contributed by atoms with Gasteiger partial charge in [-0.1, -0.05) is 15.9 Å². The Kier molecular flexibility index (Phi) is 2.62. The molecule has 0 aromatic heterocycles. The zero-order valence-electron chi connectivity index (χ0n) is 6.06. The summed E-state index contributed by atoms with van der Waals surface area (Å²) >= 11 is 3.19. The largest absolute Gasteiger partial charge is 0.392 e. The molecule has 11 heavy (non-hydrogen) atoms. The van der Waals surface area contributed by atoms with Gasteiger partial charge < -0.3 is 5.11 Å². The molecule has 1 N–H and O–H groups in total. The van der Waals surface area contributed by atoms with E-state index in [1.54, 1.807) is 6.07 Å². The molecule has 1 aromatic carbocycles. The van der Waals surface area contributed by atoms with E-state index in [2.05, 4.69) is 15.9 Å². The number of rotatable bonds is 1. The molecule has 60 valence electrons. The Morgan fingerprint density at radius 2 is 2.18 bits per heavy atom. The van der Waals surface area contributed by atoms with Crippen LogP contribution in [0.5, 0.6) is 0 Å². The van der Waals surface area contributed by atoms with Crippen LogP contribution >= 0.6 is 15.9 Å². The summed E-state index contributed by atoms with van der Waals surface area (Å²) in [4.78, 5) is 0. The lowest BCUT2D eigenvalue weighted by Crippen LogP contribution is -1.91. The molecule has 0 amide bonds. The summed E-state index contributed by atoms with van der Waals surface area (Å²) in [5, 5.41) is 8.68. The Labute approximate surface area is 73.0 Å². The molecule has 0 spiro atoms. The van der Waals surface area contributed by atoms with E-state index in [0.29, 0.717) is 5.56 Å². The third-order valence-corrected chi connectivity index (χ3v) is 2.35. The van der Waals surface area contributed by atoms with Crippen molar-refractivity contribution in [3.63, 3.8) is 0 Å². The summed E-state index contributed by atoms with van der Waals surface area (Å²) in [7, 11) is 0. The highest BCUT2D eigenvalue weighted by molar-refractivity contribution is 9.10. The van der Waals surface area contributed by atoms with Gasteiger partial charge in [0, 0.05) is 10.0 Å². The highest BCUT2D eigenvalue weighted by Gasteiger charge is 2.03. The molecule has 3 heteroatoms. The third-order valence-electron chi connectivity index (χ3n) is 1.50. The molecule has 0 bridgehead atoms. The number of benzene rings is 1. The molecule has 1 aromatic rings. The number of aliphatic hydroxyl groups is 1. The maximum atomic E-state index is 12.8. The molecule has 0 saturated heterocycles. The monoisotopic (exact) mass is 218 g/mol. The first kappa shape index (κ1) is 8.68. The van der Waals surface area contributed by atoms with Gasteiger partial charge in [-0.3, -0.25) is 0 Å². The summed E-state index contributed by atoms with van der Waals surface area (Å²) in [6.07, 6.45) is 0. The number of aliphatic hydroxyl groups excluding tert-OH is 1. The van der Waals surface area contributed by atoms with Crippen molar-refractivity contribution >= 4 is 15.9 Å². The first-order valence-corrected chi connectivity index (χ1v) is 4.00. The van der Waals surface area contributed by atoms with Crippen molar-refractivity contribution in [2.24, 2.45) is 0 Å². The summed E-state index contributed by atoms with van der Waals surface area (Å²) in [5.74, 6) is -0.370. The Hall–Kier alpha value is -0.410. The quantitative estimate of drug-likeness (QED) is 0.768. The van der Waals surface area contributed by atoms with Crippen LogP contribution in [0.1, 0.15) is 11.1 Å². The van der Waals surface area contributed by atoms with E-state index in [1.165, 1.54) is 6.07 Å². The van der Waals surface area contributed by atoms with Gasteiger partial charge in [-0.2, -0.15) is 0 Å². The molecule has 1 nitrogen and oxygen atoms in total. The maximum Gasteiger partial charge on any atom is 0.129 e. The molecule has 0 unspecified atom stereocenters. The van der Waals surface area contributed by atoms with Crippen molar-refractivity contribution in [2.75, 3.05) is 0 Å². The number of aryl methyl sites for hydroxylation is 1. The second-order valence-corrected chi connectivity index (χ2v) is 3.21. The highest BCUT2D eigenvalue weighted by Crippen LogP contribution is 2.20. The summed E-state index contributed by atoms with van der Waals surface area (Å²) < 4.78 is 13.6. The van der Waals surface area contributed by atoms with Crippen LogP contribution in [-0.4, -0.2) is 5.11 Å². The van der Waals surface area contributed by atoms with E-state index >= 15 is 0 Å². The van der Waals surface area contributed by atoms with Crippen LogP contribution in [0.15, 0.2) is 16.6 Å². The first-order valence-electron chi connectivity index (χ1n) is 3.20. The standard InChI is InChI=1S/C8H8BrFO/c1-5-2-6(4-11)8(10)3-7(5)9/h2-3,11H,4H2,1H3. The fraction of sp³-hybridized carbons (Fsp3) is 0.250. The lowest BCUT2D eigenvalue weighted by atomic mass is 10.1. The lowest BCUT2D eigenvalue weighted by molar-refractivity contribution is 0.275. The molecule has 0 aliphatic rings. The van der Waals surface area contributed by atoms with Crippen LogP contribution in [0.2, 0.25) is 0 Å². The summed E-state index contributed by atoms with van der Waals surface area (Å²) in [6, 6.07) is 2.99. The van der Waals surface area contributed by atoms with Crippen LogP contribution in [0.3, 0.4) is 0 Å². The average molecular weight is 219 g/mol. The average Bonchev–Trinajstić information content (AvgIpc) is 1.97. The minimum atomic E-state index is -0.370. The van der Waals surface area contributed by atoms with Crippen molar-refractivity contribution in [2.45, 2.75) is 13.5 Å². The van der Waals surface area contributed by atoms with Crippen LogP contribution < -0.4 is 0 Å². The van der Waals surface area contributed by atoms with Gasteiger partial charge in [-0.15, -0.1) is 0 Å². The molecule has 1 rings (SSSR count). The zero-order chi connectivity index (χ0) is 8.43. The maximum absolute atomic E-state index is 12.8. The van der Waals surface area contributed by atoms with Crippen LogP contribution in [0.25, 0.3) is 0 Å². The summed E-state index contributed by atoms with van der Waals surface area (Å²) in [5.41, 5.74) is 1.26. The van der Waals surface area contributed by atoms with Crippen LogP contribution in [0, 0.1) is 12.7 Å². The third kappa shape index (κ3) is 1.79. The molecular weight excluding hydrogens is 211 g/mol. The van der Waals surface area contributed by atoms with Crippen molar-refractivity contribution < 1.29 is 9.50 Å². The zero-order valence-corrected chi connectivity index (χ0v) is 7.65. The van der Waals surface area contributed by atoms with E-state index in [0.717, 1.165) is 10.0 Å². The smallest absolute Gasteiger partial charge is 0.129 e. The van der Waals surface area contributed by atoms with E-state index in [4.69, 9.17) is 5.11 Å². The minimum Gasteiger partial charge on any atom is -0.392 e. The molecular formula is C8H8BrFO. The predicted molar refractivity (Wildman–Crippen MR) is 44.8 cm³/mol. The van der Waals surface area contributed by atoms with E-state index < -0.39 is 0 Å². The SMILES string of the molecule is Cc1cc(CO)c(F)cc1Br. The fourth-order valence-corrected chi connectivity index (χ4v) is 1.15. The summed E-state index contributed by atoms with van der Waals surface area (Å²) in [6.45, 7) is 1.60. The number of hydrogen-bond acceptors (Lipinski definition) is 1. The van der Waals surface area contributed by atoms with Gasteiger partial charge in [0.15, 0.2) is 0 Å². The van der Waals surface area contributed by atoms with E-state index in [1.807, 2.05) is 6.92 Å². The van der Waals surface area contributed by atoms with Crippen LogP contribution in [-0.2, 0) is 6.61 Å². The Balaban J connectivity index is 3.21. The molecule has 0 heterocycles. The van der Waals surface area contributed by atoms with Gasteiger partial charge >= 0.3 is 0 Å². The second-order valence-electron chi connectivity index (χ2n) is 2.35. The normalized spacial score (nSPS) is 10.2. The Bertz CT molecular complexity index is 273. The topological polar surface area (TPSA) is 20.2 Å². The fourth-order valence-electron chi connectivity index (χ4n) is 0.838. The van der Waals surface area contributed by atoms with Gasteiger partial charge in [-0.25, -0.2) is 4.39 Å². The van der Waals surface area contributed by atoms with E-state index in [-0.39, 0.29) is 12.4 Å². The van der Waals surface area contributed by atoms with Gasteiger partial charge in [0.25, 0.3) is 0 Å². The molecule has 0 radical (unpaired) electrons. The number of halogens is 2. The highest BCUT2D eigenvalue weighted by atomic mass is 79.9. The molecule has 0 saturated carbocycles. The van der Waals surface area contributed by atoms with Gasteiger partial charge in [0.1, 0.15) is 5.82 Å².